The van der Waals surface area contributed by atoms with Gasteiger partial charge in [0.2, 0.25) is 0 Å². The van der Waals surface area contributed by atoms with Gasteiger partial charge in [0.05, 0.1) is 15.9 Å². The van der Waals surface area contributed by atoms with E-state index >= 15 is 0 Å². The predicted octanol–water partition coefficient (Wildman–Crippen LogP) is 2.49. The van der Waals surface area contributed by atoms with Crippen LogP contribution in [0.1, 0.15) is 0 Å². The number of benzene rings is 1. The lowest BCUT2D eigenvalue weighted by molar-refractivity contribution is 0.172. The van der Waals surface area contributed by atoms with Gasteiger partial charge in [-0.1, -0.05) is 6.07 Å². The van der Waals surface area contributed by atoms with Gasteiger partial charge in [0, 0.05) is 25.2 Å². The first-order valence-corrected chi connectivity index (χ1v) is 7.78. The van der Waals surface area contributed by atoms with Gasteiger partial charge in [-0.3, -0.25) is 0 Å². The quantitative estimate of drug-likeness (QED) is 0.807. The molecular formula is C15H15N3O2S. The van der Waals surface area contributed by atoms with E-state index in [0.717, 1.165) is 39.8 Å². The van der Waals surface area contributed by atoms with E-state index in [2.05, 4.69) is 16.0 Å². The fourth-order valence-corrected chi connectivity index (χ4v) is 3.33. The first-order valence-electron chi connectivity index (χ1n) is 6.90. The van der Waals surface area contributed by atoms with Gasteiger partial charge in [0.25, 0.3) is 0 Å². The van der Waals surface area contributed by atoms with Crippen molar-refractivity contribution < 1.29 is 9.47 Å². The number of rotatable bonds is 3. The van der Waals surface area contributed by atoms with E-state index in [0.29, 0.717) is 19.8 Å². The molecule has 0 radical (unpaired) electrons. The second-order valence-corrected chi connectivity index (χ2v) is 5.79. The molecule has 5 nitrogen and oxygen atoms in total. The number of thiophene rings is 1. The first-order chi connectivity index (χ1) is 10.4. The Kier molecular flexibility index (Phi) is 3.05. The standard InChI is InChI=1S/C15H15N3O2S/c16-3-4-18-11-9-13-12(19-5-6-20-13)8-10(11)17-15(18)14-2-1-7-21-14/h1-2,7-9H,3-6,16H2. The molecule has 21 heavy (non-hydrogen) atoms. The SMILES string of the molecule is NCCn1c(-c2cccs2)nc2cc3c(cc21)OCCO3. The Morgan fingerprint density at radius 1 is 1.24 bits per heavy atom. The van der Waals surface area contributed by atoms with Gasteiger partial charge in [-0.25, -0.2) is 4.98 Å². The van der Waals surface area contributed by atoms with Crippen molar-refractivity contribution in [3.05, 3.63) is 29.6 Å². The van der Waals surface area contributed by atoms with E-state index in [1.807, 2.05) is 18.2 Å². The molecule has 2 N–H and O–H groups in total. The summed E-state index contributed by atoms with van der Waals surface area (Å²) >= 11 is 1.68. The summed E-state index contributed by atoms with van der Waals surface area (Å²) < 4.78 is 13.5. The van der Waals surface area contributed by atoms with Crippen LogP contribution >= 0.6 is 11.3 Å². The molecule has 3 heterocycles. The fraction of sp³-hybridized carbons (Fsp3) is 0.267. The van der Waals surface area contributed by atoms with Crippen LogP contribution in [-0.2, 0) is 6.54 Å². The molecule has 4 rings (SSSR count). The summed E-state index contributed by atoms with van der Waals surface area (Å²) in [6.07, 6.45) is 0. The van der Waals surface area contributed by atoms with Crippen molar-refractivity contribution in [1.29, 1.82) is 0 Å². The van der Waals surface area contributed by atoms with Crippen LogP contribution in [0.25, 0.3) is 21.7 Å². The number of nitrogens with zero attached hydrogens (tertiary/aromatic N) is 2. The molecule has 0 saturated heterocycles. The molecule has 0 amide bonds. The van der Waals surface area contributed by atoms with Crippen LogP contribution in [0.3, 0.4) is 0 Å². The summed E-state index contributed by atoms with van der Waals surface area (Å²) in [5.41, 5.74) is 7.72. The summed E-state index contributed by atoms with van der Waals surface area (Å²) in [6, 6.07) is 8.06. The average Bonchev–Trinajstić information content (AvgIpc) is 3.14. The van der Waals surface area contributed by atoms with Crippen LogP contribution in [0.4, 0.5) is 0 Å². The van der Waals surface area contributed by atoms with Crippen LogP contribution in [0.15, 0.2) is 29.6 Å². The molecule has 0 fully saturated rings. The summed E-state index contributed by atoms with van der Waals surface area (Å²) in [4.78, 5) is 5.90. The molecule has 6 heteroatoms. The summed E-state index contributed by atoms with van der Waals surface area (Å²) in [5, 5.41) is 2.05. The lowest BCUT2D eigenvalue weighted by Gasteiger charge is -2.18. The largest absolute Gasteiger partial charge is 0.486 e. The van der Waals surface area contributed by atoms with E-state index in [1.54, 1.807) is 11.3 Å². The third-order valence-corrected chi connectivity index (χ3v) is 4.37. The van der Waals surface area contributed by atoms with Crippen LogP contribution in [0, 0.1) is 0 Å². The molecular weight excluding hydrogens is 286 g/mol. The molecule has 1 aliphatic rings. The van der Waals surface area contributed by atoms with Crippen molar-refractivity contribution in [2.75, 3.05) is 19.8 Å². The second-order valence-electron chi connectivity index (χ2n) is 4.84. The summed E-state index contributed by atoms with van der Waals surface area (Å²) in [6.45, 7) is 2.46. The smallest absolute Gasteiger partial charge is 0.163 e. The molecule has 0 atom stereocenters. The zero-order chi connectivity index (χ0) is 14.2. The number of hydrogen-bond acceptors (Lipinski definition) is 5. The Balaban J connectivity index is 1.95. The molecule has 0 unspecified atom stereocenters. The normalized spacial score (nSPS) is 13.8. The monoisotopic (exact) mass is 301 g/mol. The molecule has 0 saturated carbocycles. The first kappa shape index (κ1) is 12.7. The fourth-order valence-electron chi connectivity index (χ4n) is 2.61. The van der Waals surface area contributed by atoms with Gasteiger partial charge < -0.3 is 19.8 Å². The predicted molar refractivity (Wildman–Crippen MR) is 83.1 cm³/mol. The third kappa shape index (κ3) is 2.07. The Labute approximate surface area is 125 Å². The molecule has 0 spiro atoms. The highest BCUT2D eigenvalue weighted by Gasteiger charge is 2.18. The maximum atomic E-state index is 5.77. The lowest BCUT2D eigenvalue weighted by Crippen LogP contribution is -2.15. The van der Waals surface area contributed by atoms with Crippen LogP contribution < -0.4 is 15.2 Å². The maximum absolute atomic E-state index is 5.77. The van der Waals surface area contributed by atoms with Crippen molar-refractivity contribution in [1.82, 2.24) is 9.55 Å². The summed E-state index contributed by atoms with van der Waals surface area (Å²) in [7, 11) is 0. The number of imidazole rings is 1. The van der Waals surface area contributed by atoms with Crippen molar-refractivity contribution >= 4 is 22.4 Å². The highest BCUT2D eigenvalue weighted by atomic mass is 32.1. The van der Waals surface area contributed by atoms with Gasteiger partial charge in [-0.2, -0.15) is 0 Å². The van der Waals surface area contributed by atoms with Crippen molar-refractivity contribution in [3.63, 3.8) is 0 Å². The number of ether oxygens (including phenoxy) is 2. The van der Waals surface area contributed by atoms with E-state index in [4.69, 9.17) is 20.2 Å². The topological polar surface area (TPSA) is 62.3 Å². The van der Waals surface area contributed by atoms with E-state index in [-0.39, 0.29) is 0 Å². The molecule has 108 valence electrons. The summed E-state index contributed by atoms with van der Waals surface area (Å²) in [5.74, 6) is 2.50. The van der Waals surface area contributed by atoms with Gasteiger partial charge in [-0.05, 0) is 11.4 Å². The van der Waals surface area contributed by atoms with Gasteiger partial charge in [-0.15, -0.1) is 11.3 Å². The van der Waals surface area contributed by atoms with Crippen LogP contribution in [-0.4, -0.2) is 29.3 Å². The molecule has 1 aliphatic heterocycles. The van der Waals surface area contributed by atoms with E-state index < -0.39 is 0 Å². The second kappa shape index (κ2) is 5.05. The van der Waals surface area contributed by atoms with Crippen molar-refractivity contribution in [2.45, 2.75) is 6.54 Å². The van der Waals surface area contributed by atoms with Gasteiger partial charge in [0.15, 0.2) is 17.3 Å². The highest BCUT2D eigenvalue weighted by Crippen LogP contribution is 2.36. The maximum Gasteiger partial charge on any atom is 0.163 e. The zero-order valence-electron chi connectivity index (χ0n) is 11.4. The van der Waals surface area contributed by atoms with Gasteiger partial charge in [0.1, 0.15) is 13.2 Å². The number of hydrogen-bond donors (Lipinski definition) is 1. The average molecular weight is 301 g/mol. The highest BCUT2D eigenvalue weighted by molar-refractivity contribution is 7.13. The van der Waals surface area contributed by atoms with Crippen molar-refractivity contribution in [2.24, 2.45) is 5.73 Å². The van der Waals surface area contributed by atoms with Crippen molar-refractivity contribution in [3.8, 4) is 22.2 Å². The van der Waals surface area contributed by atoms with E-state index in [9.17, 15) is 0 Å². The lowest BCUT2D eigenvalue weighted by atomic mass is 10.2. The minimum atomic E-state index is 0.568. The molecule has 3 aromatic rings. The number of nitrogens with two attached hydrogens (primary N) is 1. The Morgan fingerprint density at radius 2 is 2.05 bits per heavy atom. The zero-order valence-corrected chi connectivity index (χ0v) is 12.2. The molecule has 0 bridgehead atoms. The van der Waals surface area contributed by atoms with Crippen LogP contribution in [0.5, 0.6) is 11.5 Å². The van der Waals surface area contributed by atoms with E-state index in [1.165, 1.54) is 0 Å². The Morgan fingerprint density at radius 3 is 2.76 bits per heavy atom. The Hall–Kier alpha value is -2.05. The number of aromatic nitrogens is 2. The molecule has 0 aliphatic carbocycles. The van der Waals surface area contributed by atoms with Gasteiger partial charge >= 0.3 is 0 Å². The molecule has 1 aromatic carbocycles. The Bertz CT molecular complexity index is 780. The number of fused-ring (bicyclic) bond motifs is 2. The van der Waals surface area contributed by atoms with Crippen LogP contribution in [0.2, 0.25) is 0 Å². The minimum absolute atomic E-state index is 0.568. The molecule has 2 aromatic heterocycles. The third-order valence-electron chi connectivity index (χ3n) is 3.51. The minimum Gasteiger partial charge on any atom is -0.486 e.